The molecule has 3 nitrogen and oxygen atoms in total. The Kier molecular flexibility index (Phi) is 7.56. The van der Waals surface area contributed by atoms with Crippen LogP contribution in [0.25, 0.3) is 0 Å². The molecular formula is C19H33NO2S. The molecule has 0 saturated carbocycles. The van der Waals surface area contributed by atoms with Crippen LogP contribution in [0, 0.1) is 5.92 Å². The Morgan fingerprint density at radius 1 is 1.43 bits per heavy atom. The Morgan fingerprint density at radius 3 is 2.52 bits per heavy atom. The largest absolute Gasteiger partial charge is 0.597 e. The first-order valence-corrected chi connectivity index (χ1v) is 9.67. The Morgan fingerprint density at radius 2 is 2.04 bits per heavy atom. The molecule has 0 aromatic heterocycles. The van der Waals surface area contributed by atoms with Gasteiger partial charge in [-0.2, -0.15) is 0 Å². The highest BCUT2D eigenvalue weighted by Crippen LogP contribution is 2.33. The lowest BCUT2D eigenvalue weighted by molar-refractivity contribution is -0.114. The van der Waals surface area contributed by atoms with Crippen molar-refractivity contribution in [3.05, 3.63) is 23.3 Å². The van der Waals surface area contributed by atoms with E-state index >= 15 is 0 Å². The van der Waals surface area contributed by atoms with Gasteiger partial charge >= 0.3 is 0 Å². The van der Waals surface area contributed by atoms with E-state index in [1.807, 2.05) is 31.2 Å². The van der Waals surface area contributed by atoms with Gasteiger partial charge in [0.15, 0.2) is 5.78 Å². The molecule has 0 saturated heterocycles. The van der Waals surface area contributed by atoms with Crippen molar-refractivity contribution in [3.63, 3.8) is 0 Å². The highest BCUT2D eigenvalue weighted by Gasteiger charge is 2.42. The standard InChI is InChI=1S/C19H33NO2S/c1-14(2)9-8-10-15(3)13-18-17(16(4)21)11-12-20(18)23(22)19(5,6)7/h9,11,15,18H,8,10,12-13H2,1-7H3/t15-,18+,23?/m0/s1. The number of hydrogen-bond acceptors (Lipinski definition) is 3. The summed E-state index contributed by atoms with van der Waals surface area (Å²) in [7, 11) is 0. The predicted octanol–water partition coefficient (Wildman–Crippen LogP) is 4.42. The van der Waals surface area contributed by atoms with Gasteiger partial charge in [0, 0.05) is 16.9 Å². The summed E-state index contributed by atoms with van der Waals surface area (Å²) in [5.74, 6) is 0.607. The molecule has 1 unspecified atom stereocenters. The lowest BCUT2D eigenvalue weighted by Crippen LogP contribution is -2.47. The minimum Gasteiger partial charge on any atom is -0.597 e. The van der Waals surface area contributed by atoms with E-state index < -0.39 is 11.4 Å². The van der Waals surface area contributed by atoms with Crippen LogP contribution in [0.4, 0.5) is 0 Å². The number of carbonyl (C=O) groups excluding carboxylic acids is 1. The number of ketones is 1. The molecule has 1 aliphatic heterocycles. The van der Waals surface area contributed by atoms with Crippen molar-refractivity contribution in [2.24, 2.45) is 5.92 Å². The Bertz CT molecular complexity index is 472. The topological polar surface area (TPSA) is 43.4 Å². The highest BCUT2D eigenvalue weighted by atomic mass is 32.2. The first kappa shape index (κ1) is 20.5. The van der Waals surface area contributed by atoms with Crippen LogP contribution in [0.5, 0.6) is 0 Å². The lowest BCUT2D eigenvalue weighted by atomic mass is 9.92. The van der Waals surface area contributed by atoms with Crippen LogP contribution in [-0.4, -0.2) is 32.0 Å². The first-order chi connectivity index (χ1) is 10.5. The van der Waals surface area contributed by atoms with Gasteiger partial charge in [-0.15, -0.1) is 4.31 Å². The molecule has 0 aromatic rings. The second-order valence-corrected chi connectivity index (χ2v) is 10.1. The molecule has 0 aromatic carbocycles. The van der Waals surface area contributed by atoms with Crippen molar-refractivity contribution in [1.82, 2.24) is 4.31 Å². The third-order valence-electron chi connectivity index (χ3n) is 4.18. The second-order valence-electron chi connectivity index (χ2n) is 7.89. The third-order valence-corrected chi connectivity index (χ3v) is 6.06. The Balaban J connectivity index is 2.80. The summed E-state index contributed by atoms with van der Waals surface area (Å²) in [6.07, 6.45) is 7.29. The molecule has 0 bridgehead atoms. The van der Waals surface area contributed by atoms with E-state index in [1.54, 1.807) is 6.92 Å². The summed E-state index contributed by atoms with van der Waals surface area (Å²) in [5, 5.41) is 0. The van der Waals surface area contributed by atoms with Gasteiger partial charge in [-0.05, 0) is 66.7 Å². The van der Waals surface area contributed by atoms with E-state index in [1.165, 1.54) is 5.57 Å². The number of hydrogen-bond donors (Lipinski definition) is 0. The summed E-state index contributed by atoms with van der Waals surface area (Å²) < 4.78 is 14.5. The van der Waals surface area contributed by atoms with Crippen molar-refractivity contribution >= 4 is 17.1 Å². The van der Waals surface area contributed by atoms with Crippen LogP contribution < -0.4 is 0 Å². The first-order valence-electron chi connectivity index (χ1n) is 8.57. The molecule has 3 atom stereocenters. The van der Waals surface area contributed by atoms with Gasteiger partial charge in [0.25, 0.3) is 0 Å². The molecule has 0 N–H and O–H groups in total. The molecule has 1 heterocycles. The number of carbonyl (C=O) groups is 1. The minimum absolute atomic E-state index is 0.00531. The van der Waals surface area contributed by atoms with E-state index in [-0.39, 0.29) is 16.6 Å². The fourth-order valence-corrected chi connectivity index (χ4v) is 4.26. The molecule has 0 amide bonds. The molecule has 132 valence electrons. The molecule has 1 aliphatic rings. The third kappa shape index (κ3) is 6.09. The summed E-state index contributed by atoms with van der Waals surface area (Å²) in [6.45, 7) is 14.7. The van der Waals surface area contributed by atoms with Crippen molar-refractivity contribution in [2.75, 3.05) is 6.54 Å². The van der Waals surface area contributed by atoms with Crippen LogP contribution in [0.15, 0.2) is 23.3 Å². The van der Waals surface area contributed by atoms with Gasteiger partial charge in [-0.1, -0.05) is 24.6 Å². The van der Waals surface area contributed by atoms with Crippen LogP contribution >= 0.6 is 0 Å². The zero-order valence-corrected chi connectivity index (χ0v) is 16.6. The van der Waals surface area contributed by atoms with Gasteiger partial charge in [0.1, 0.15) is 4.75 Å². The summed E-state index contributed by atoms with van der Waals surface area (Å²) >= 11 is -1.09. The minimum atomic E-state index is -1.09. The van der Waals surface area contributed by atoms with Crippen molar-refractivity contribution in [3.8, 4) is 0 Å². The molecule has 23 heavy (non-hydrogen) atoms. The molecule has 1 rings (SSSR count). The van der Waals surface area contributed by atoms with Gasteiger partial charge < -0.3 is 4.55 Å². The highest BCUT2D eigenvalue weighted by molar-refractivity contribution is 7.90. The zero-order valence-electron chi connectivity index (χ0n) is 15.8. The van der Waals surface area contributed by atoms with Gasteiger partial charge in [0.2, 0.25) is 0 Å². The molecule has 4 heteroatoms. The monoisotopic (exact) mass is 339 g/mol. The number of nitrogens with zero attached hydrogens (tertiary/aromatic N) is 1. The normalized spacial score (nSPS) is 21.7. The smallest absolute Gasteiger partial charge is 0.157 e. The zero-order chi connectivity index (χ0) is 17.8. The molecular weight excluding hydrogens is 306 g/mol. The maximum atomic E-state index is 12.8. The summed E-state index contributed by atoms with van der Waals surface area (Å²) in [4.78, 5) is 12.0. The van der Waals surface area contributed by atoms with E-state index in [0.717, 1.165) is 24.8 Å². The molecule has 0 radical (unpaired) electrons. The average molecular weight is 340 g/mol. The van der Waals surface area contributed by atoms with E-state index in [0.29, 0.717) is 12.5 Å². The maximum Gasteiger partial charge on any atom is 0.157 e. The van der Waals surface area contributed by atoms with E-state index in [9.17, 15) is 9.35 Å². The summed E-state index contributed by atoms with van der Waals surface area (Å²) in [6, 6.07) is -0.00531. The Labute approximate surface area is 145 Å². The number of allylic oxidation sites excluding steroid dienone is 2. The van der Waals surface area contributed by atoms with E-state index in [4.69, 9.17) is 0 Å². The molecule has 0 spiro atoms. The van der Waals surface area contributed by atoms with Gasteiger partial charge in [-0.3, -0.25) is 4.79 Å². The van der Waals surface area contributed by atoms with Gasteiger partial charge in [0.05, 0.1) is 12.6 Å². The molecule has 0 fully saturated rings. The average Bonchev–Trinajstić information content (AvgIpc) is 2.79. The van der Waals surface area contributed by atoms with Crippen LogP contribution in [0.2, 0.25) is 0 Å². The summed E-state index contributed by atoms with van der Waals surface area (Å²) in [5.41, 5.74) is 2.19. The fourth-order valence-electron chi connectivity index (χ4n) is 2.92. The van der Waals surface area contributed by atoms with Gasteiger partial charge in [-0.25, -0.2) is 0 Å². The number of Topliss-reactive ketones (excluding diaryl/α,β-unsaturated/α-hetero) is 1. The van der Waals surface area contributed by atoms with Crippen LogP contribution in [-0.2, 0) is 16.2 Å². The SMILES string of the molecule is CC(=O)C1=CCN([S+]([O-])C(C)(C)C)[C@@H]1C[C@@H](C)CCC=C(C)C. The fraction of sp³-hybridized carbons (Fsp3) is 0.737. The van der Waals surface area contributed by atoms with E-state index in [2.05, 4.69) is 26.8 Å². The quantitative estimate of drug-likeness (QED) is 0.509. The predicted molar refractivity (Wildman–Crippen MR) is 99.6 cm³/mol. The lowest BCUT2D eigenvalue weighted by Gasteiger charge is -2.35. The van der Waals surface area contributed by atoms with Crippen molar-refractivity contribution in [2.45, 2.75) is 78.5 Å². The second kappa shape index (κ2) is 8.50. The van der Waals surface area contributed by atoms with Crippen LogP contribution in [0.3, 0.4) is 0 Å². The van der Waals surface area contributed by atoms with Crippen molar-refractivity contribution < 1.29 is 9.35 Å². The van der Waals surface area contributed by atoms with Crippen LogP contribution in [0.1, 0.15) is 67.7 Å². The Hall–Kier alpha value is -0.580. The molecule has 0 aliphatic carbocycles. The maximum absolute atomic E-state index is 12.8. The number of rotatable bonds is 7. The van der Waals surface area contributed by atoms with Crippen molar-refractivity contribution in [1.29, 1.82) is 0 Å².